The Labute approximate surface area is 432 Å². The van der Waals surface area contributed by atoms with Gasteiger partial charge in [-0.25, -0.2) is 19.4 Å². The summed E-state index contributed by atoms with van der Waals surface area (Å²) in [5, 5.41) is 0.405. The minimum Gasteiger partial charge on any atom is -0.493 e. The van der Waals surface area contributed by atoms with Gasteiger partial charge in [-0.2, -0.15) is 0 Å². The van der Waals surface area contributed by atoms with E-state index in [1.807, 2.05) is 6.07 Å². The molecule has 6 atom stereocenters. The van der Waals surface area contributed by atoms with Gasteiger partial charge in [0.1, 0.15) is 24.4 Å². The molecule has 3 aromatic carbocycles. The summed E-state index contributed by atoms with van der Waals surface area (Å²) < 4.78 is 62.1. The Morgan fingerprint density at radius 1 is 0.575 bits per heavy atom. The van der Waals surface area contributed by atoms with Gasteiger partial charge in [0.25, 0.3) is 11.8 Å². The van der Waals surface area contributed by atoms with Gasteiger partial charge < -0.3 is 57.2 Å². The molecule has 0 radical (unpaired) electrons. The van der Waals surface area contributed by atoms with Crippen molar-refractivity contribution in [1.82, 2.24) is 9.80 Å². The second-order valence-corrected chi connectivity index (χ2v) is 21.8. The Balaban J connectivity index is 1.01. The van der Waals surface area contributed by atoms with E-state index in [2.05, 4.69) is 0 Å². The number of ether oxygens (including phenoxy) is 10. The molecule has 6 aliphatic heterocycles. The summed E-state index contributed by atoms with van der Waals surface area (Å²) in [4.78, 5) is 64.2. The molecule has 3 aromatic rings. The minimum atomic E-state index is -0.912. The Hall–Kier alpha value is -5.53. The highest BCUT2D eigenvalue weighted by atomic mass is 35.5. The first-order valence-electron chi connectivity index (χ1n) is 25.6. The quantitative estimate of drug-likeness (QED) is 0.168. The lowest BCUT2D eigenvalue weighted by atomic mass is 10.1. The summed E-state index contributed by atoms with van der Waals surface area (Å²) in [5.74, 6) is 0.549. The number of carbonyl (C=O) groups excluding carboxylic acids is 4. The molecule has 0 N–H and O–H groups in total. The molecule has 0 bridgehead atoms. The molecule has 0 spiro atoms. The summed E-state index contributed by atoms with van der Waals surface area (Å²) >= 11 is 6.78. The van der Waals surface area contributed by atoms with Crippen LogP contribution in [0, 0.1) is 0 Å². The maximum Gasteiger partial charge on any atom is 0.417 e. The third-order valence-electron chi connectivity index (χ3n) is 13.7. The Bertz CT molecular complexity index is 2370. The van der Waals surface area contributed by atoms with Gasteiger partial charge in [-0.3, -0.25) is 9.59 Å². The van der Waals surface area contributed by atoms with Gasteiger partial charge >= 0.3 is 12.2 Å². The minimum absolute atomic E-state index is 0.00737. The molecule has 6 aliphatic rings. The van der Waals surface area contributed by atoms with E-state index in [9.17, 15) is 19.2 Å². The van der Waals surface area contributed by atoms with Crippen molar-refractivity contribution in [2.75, 3.05) is 50.3 Å². The molecule has 6 heterocycles. The molecule has 19 heteroatoms. The number of carbonyl (C=O) groups is 4. The molecule has 4 saturated heterocycles. The van der Waals surface area contributed by atoms with Crippen LogP contribution in [-0.2, 0) is 41.6 Å². The van der Waals surface area contributed by atoms with Crippen LogP contribution in [0.1, 0.15) is 138 Å². The average molecular weight is 1030 g/mol. The average Bonchev–Trinajstić information content (AvgIpc) is 4.02. The maximum absolute atomic E-state index is 14.5. The van der Waals surface area contributed by atoms with Crippen LogP contribution >= 0.6 is 11.6 Å². The van der Waals surface area contributed by atoms with E-state index in [1.165, 1.54) is 24.0 Å². The highest BCUT2D eigenvalue weighted by Gasteiger charge is 2.50. The van der Waals surface area contributed by atoms with Crippen LogP contribution in [0.4, 0.5) is 21.0 Å². The van der Waals surface area contributed by atoms with Gasteiger partial charge in [-0.05, 0) is 147 Å². The van der Waals surface area contributed by atoms with E-state index < -0.39 is 60.5 Å². The van der Waals surface area contributed by atoms with Crippen molar-refractivity contribution in [2.45, 2.75) is 167 Å². The molecular formula is C54H69ClN4O14. The molecule has 2 unspecified atom stereocenters. The van der Waals surface area contributed by atoms with Crippen molar-refractivity contribution in [3.63, 3.8) is 0 Å². The Morgan fingerprint density at radius 2 is 1.00 bits per heavy atom. The number of anilines is 2. The molecule has 0 aromatic heterocycles. The largest absolute Gasteiger partial charge is 0.493 e. The Morgan fingerprint density at radius 3 is 1.37 bits per heavy atom. The van der Waals surface area contributed by atoms with Gasteiger partial charge in [0, 0.05) is 43.5 Å². The number of nitrogens with zero attached hydrogens (tertiary/aromatic N) is 4. The molecule has 73 heavy (non-hydrogen) atoms. The predicted molar refractivity (Wildman–Crippen MR) is 269 cm³/mol. The molecule has 0 aliphatic carbocycles. The second-order valence-electron chi connectivity index (χ2n) is 21.3. The summed E-state index contributed by atoms with van der Waals surface area (Å²) in [6.07, 6.45) is 3.33. The zero-order valence-electron chi connectivity index (χ0n) is 43.2. The number of rotatable bonds is 12. The number of methoxy groups -OCH3 is 2. The van der Waals surface area contributed by atoms with Crippen LogP contribution in [0.5, 0.6) is 23.0 Å². The first kappa shape index (κ1) is 52.3. The first-order valence-corrected chi connectivity index (χ1v) is 26.0. The fourth-order valence-electron chi connectivity index (χ4n) is 10.5. The van der Waals surface area contributed by atoms with Crippen LogP contribution in [0.2, 0.25) is 5.02 Å². The highest BCUT2D eigenvalue weighted by Crippen LogP contribution is 2.45. The number of fused-ring (bicyclic) bond motifs is 4. The number of halogens is 1. The lowest BCUT2D eigenvalue weighted by Crippen LogP contribution is -2.54. The number of hydrogen-bond acceptors (Lipinski definition) is 14. The number of amides is 4. The van der Waals surface area contributed by atoms with Crippen molar-refractivity contribution in [3.05, 3.63) is 69.7 Å². The predicted octanol–water partition coefficient (Wildman–Crippen LogP) is 9.97. The van der Waals surface area contributed by atoms with E-state index >= 15 is 0 Å². The van der Waals surface area contributed by atoms with Crippen LogP contribution in [0.25, 0.3) is 0 Å². The van der Waals surface area contributed by atoms with Gasteiger partial charge in [0.05, 0.1) is 48.8 Å². The zero-order chi connectivity index (χ0) is 51.8. The van der Waals surface area contributed by atoms with E-state index in [4.69, 9.17) is 59.0 Å². The summed E-state index contributed by atoms with van der Waals surface area (Å²) in [6, 6.07) is 10.9. The standard InChI is InChI=1S/C54H69ClN4O14/c1-53(2,3)72-51(62)58-39-28-43(41(64-7)26-35(39)47(60)56-19-13-15-37(56)49(58)70-45-17-9-11-21-66-45)68-30-32-23-33(25-34(55)24-32)31-69-44-29-40-36(27-42(44)65-8)48(61)57-20-14-16-38(57)50(71-46-18-10-12-22-67-46)59(40)52(63)73-54(4,5)6/h23-29,37-38,45-46,49-50H,9-22,30-31H2,1-8H3/t37-,38-,45?,46?,49-,50-/m0/s1. The van der Waals surface area contributed by atoms with Gasteiger partial charge in [-0.15, -0.1) is 0 Å². The van der Waals surface area contributed by atoms with Gasteiger partial charge in [0.2, 0.25) is 0 Å². The smallest absolute Gasteiger partial charge is 0.417 e. The van der Waals surface area contributed by atoms with E-state index in [0.29, 0.717) is 68.1 Å². The van der Waals surface area contributed by atoms with Gasteiger partial charge in [-0.1, -0.05) is 11.6 Å². The lowest BCUT2D eigenvalue weighted by molar-refractivity contribution is -0.196. The lowest BCUT2D eigenvalue weighted by Gasteiger charge is -2.39. The topological polar surface area (TPSA) is 174 Å². The van der Waals surface area contributed by atoms with Crippen molar-refractivity contribution in [2.24, 2.45) is 0 Å². The molecule has 4 amide bonds. The van der Waals surface area contributed by atoms with Crippen LogP contribution in [0.3, 0.4) is 0 Å². The van der Waals surface area contributed by atoms with E-state index in [-0.39, 0.29) is 70.5 Å². The maximum atomic E-state index is 14.5. The van der Waals surface area contributed by atoms with Gasteiger partial charge in [0.15, 0.2) is 48.0 Å². The third-order valence-corrected chi connectivity index (χ3v) is 13.9. The van der Waals surface area contributed by atoms with Crippen molar-refractivity contribution >= 4 is 47.0 Å². The fourth-order valence-corrected chi connectivity index (χ4v) is 10.8. The molecule has 18 nitrogen and oxygen atoms in total. The summed E-state index contributed by atoms with van der Waals surface area (Å²) in [5.41, 5.74) is 0.610. The van der Waals surface area contributed by atoms with Crippen molar-refractivity contribution in [3.8, 4) is 23.0 Å². The Kier molecular flexibility index (Phi) is 15.6. The molecule has 0 saturated carbocycles. The SMILES string of the molecule is COc1cc2c(cc1OCc1cc(Cl)cc(COc3cc4c(cc3OC)C(=O)N3CCC[C@H]3[C@H](OC3CCCCO3)N4C(=O)OC(C)(C)C)c1)N(C(=O)OC(C)(C)C)[C@@H](OC1CCCCO1)[C@@H]1CCCN1C2=O. The normalized spacial score (nSPS) is 24.2. The number of hydrogen-bond donors (Lipinski definition) is 0. The highest BCUT2D eigenvalue weighted by molar-refractivity contribution is 6.30. The summed E-state index contributed by atoms with van der Waals surface area (Å²) in [7, 11) is 2.98. The van der Waals surface area contributed by atoms with E-state index in [0.717, 1.165) is 38.5 Å². The fraction of sp³-hybridized carbons (Fsp3) is 0.593. The first-order chi connectivity index (χ1) is 34.9. The third kappa shape index (κ3) is 11.6. The molecular weight excluding hydrogens is 964 g/mol. The van der Waals surface area contributed by atoms with Crippen molar-refractivity contribution < 1.29 is 66.5 Å². The summed E-state index contributed by atoms with van der Waals surface area (Å²) in [6.45, 7) is 12.8. The number of benzene rings is 3. The second kappa shape index (κ2) is 21.7. The van der Waals surface area contributed by atoms with Crippen LogP contribution in [0.15, 0.2) is 42.5 Å². The molecule has 9 rings (SSSR count). The van der Waals surface area contributed by atoms with E-state index in [1.54, 1.807) is 87.7 Å². The van der Waals surface area contributed by atoms with Crippen LogP contribution in [-0.4, -0.2) is 123 Å². The van der Waals surface area contributed by atoms with Crippen molar-refractivity contribution in [1.29, 1.82) is 0 Å². The van der Waals surface area contributed by atoms with Crippen LogP contribution < -0.4 is 28.7 Å². The molecule has 4 fully saturated rings. The monoisotopic (exact) mass is 1030 g/mol. The molecule has 396 valence electrons. The zero-order valence-corrected chi connectivity index (χ0v) is 44.0.